The number of rotatable bonds is 3. The molecule has 1 heterocycles. The van der Waals surface area contributed by atoms with Gasteiger partial charge < -0.3 is 11.1 Å². The van der Waals surface area contributed by atoms with Gasteiger partial charge in [0.1, 0.15) is 0 Å². The zero-order valence-corrected chi connectivity index (χ0v) is 14.4. The lowest BCUT2D eigenvalue weighted by molar-refractivity contribution is 0.508. The highest BCUT2D eigenvalue weighted by atomic mass is 127. The third kappa shape index (κ3) is 7.05. The van der Waals surface area contributed by atoms with E-state index in [2.05, 4.69) is 15.3 Å². The van der Waals surface area contributed by atoms with Gasteiger partial charge in [-0.25, -0.2) is 9.98 Å². The van der Waals surface area contributed by atoms with Crippen molar-refractivity contribution in [3.63, 3.8) is 0 Å². The Hall–Kier alpha value is -0.500. The molecule has 0 aliphatic rings. The lowest BCUT2D eigenvalue weighted by Crippen LogP contribution is -2.44. The topological polar surface area (TPSA) is 63.3 Å². The van der Waals surface area contributed by atoms with Crippen molar-refractivity contribution in [3.8, 4) is 0 Å². The first kappa shape index (κ1) is 17.5. The zero-order valence-electron chi connectivity index (χ0n) is 11.2. The van der Waals surface area contributed by atoms with Gasteiger partial charge in [0, 0.05) is 11.7 Å². The van der Waals surface area contributed by atoms with Gasteiger partial charge in [0.15, 0.2) is 5.96 Å². The van der Waals surface area contributed by atoms with Gasteiger partial charge in [-0.1, -0.05) is 0 Å². The first-order chi connectivity index (χ1) is 7.90. The molecule has 18 heavy (non-hydrogen) atoms. The summed E-state index contributed by atoms with van der Waals surface area (Å²) in [5.41, 5.74) is 6.85. The van der Waals surface area contributed by atoms with Crippen molar-refractivity contribution in [2.45, 2.75) is 37.9 Å². The van der Waals surface area contributed by atoms with E-state index in [4.69, 9.17) is 5.73 Å². The summed E-state index contributed by atoms with van der Waals surface area (Å²) < 4.78 is 0. The first-order valence-electron chi connectivity index (χ1n) is 5.48. The number of nitrogens with two attached hydrogens (primary N) is 1. The van der Waals surface area contributed by atoms with E-state index in [1.54, 1.807) is 18.0 Å². The fourth-order valence-electron chi connectivity index (χ4n) is 1.26. The maximum atomic E-state index is 5.80. The number of guanidine groups is 1. The van der Waals surface area contributed by atoms with E-state index < -0.39 is 0 Å². The number of hydrogen-bond acceptors (Lipinski definition) is 3. The van der Waals surface area contributed by atoms with Crippen LogP contribution in [0.3, 0.4) is 0 Å². The number of hydrogen-bond donors (Lipinski definition) is 2. The van der Waals surface area contributed by atoms with Crippen molar-refractivity contribution in [1.82, 2.24) is 10.3 Å². The summed E-state index contributed by atoms with van der Waals surface area (Å²) in [6, 6.07) is 3.98. The van der Waals surface area contributed by atoms with Gasteiger partial charge >= 0.3 is 0 Å². The molecule has 1 aromatic heterocycles. The molecule has 0 atom stereocenters. The lowest BCUT2D eigenvalue weighted by atomic mass is 10.1. The van der Waals surface area contributed by atoms with Crippen LogP contribution in [0.2, 0.25) is 0 Å². The highest BCUT2D eigenvalue weighted by Gasteiger charge is 2.09. The number of halogens is 1. The van der Waals surface area contributed by atoms with Crippen LogP contribution in [0.4, 0.5) is 0 Å². The van der Waals surface area contributed by atoms with Crippen LogP contribution in [0.1, 0.15) is 26.3 Å². The largest absolute Gasteiger partial charge is 0.370 e. The van der Waals surface area contributed by atoms with Crippen LogP contribution < -0.4 is 11.1 Å². The van der Waals surface area contributed by atoms with Gasteiger partial charge in [-0.05, 0) is 44.7 Å². The Balaban J connectivity index is 0.00000289. The monoisotopic (exact) mass is 380 g/mol. The maximum absolute atomic E-state index is 5.80. The molecule has 0 aromatic carbocycles. The van der Waals surface area contributed by atoms with Gasteiger partial charge in [-0.3, -0.25) is 0 Å². The molecule has 0 bridgehead atoms. The smallest absolute Gasteiger partial charge is 0.189 e. The number of nitrogens with one attached hydrogen (secondary N) is 1. The maximum Gasteiger partial charge on any atom is 0.189 e. The predicted octanol–water partition coefficient (Wildman–Crippen LogP) is 2.62. The molecule has 1 aromatic rings. The predicted molar refractivity (Wildman–Crippen MR) is 89.6 cm³/mol. The zero-order chi connectivity index (χ0) is 12.9. The number of thioether (sulfide) groups is 1. The molecule has 0 saturated carbocycles. The molecule has 0 amide bonds. The van der Waals surface area contributed by atoms with Crippen molar-refractivity contribution in [2.75, 3.05) is 6.26 Å². The van der Waals surface area contributed by atoms with Crippen molar-refractivity contribution < 1.29 is 0 Å². The van der Waals surface area contributed by atoms with Crippen LogP contribution in [-0.2, 0) is 6.54 Å². The highest BCUT2D eigenvalue weighted by Crippen LogP contribution is 2.12. The Morgan fingerprint density at radius 2 is 2.17 bits per heavy atom. The van der Waals surface area contributed by atoms with E-state index in [0.717, 1.165) is 10.6 Å². The van der Waals surface area contributed by atoms with E-state index >= 15 is 0 Å². The SMILES string of the molecule is CSc1cc(CN=C(N)NC(C)(C)C)ccn1.I. The average molecular weight is 380 g/mol. The summed E-state index contributed by atoms with van der Waals surface area (Å²) in [7, 11) is 0. The molecule has 0 saturated heterocycles. The number of aromatic nitrogens is 1. The van der Waals surface area contributed by atoms with Crippen LogP contribution >= 0.6 is 35.7 Å². The Morgan fingerprint density at radius 3 is 2.72 bits per heavy atom. The summed E-state index contributed by atoms with van der Waals surface area (Å²) in [5, 5.41) is 4.12. The molecule has 3 N–H and O–H groups in total. The van der Waals surface area contributed by atoms with Crippen molar-refractivity contribution >= 4 is 41.7 Å². The molecule has 0 fully saturated rings. The van der Waals surface area contributed by atoms with Crippen LogP contribution in [0.5, 0.6) is 0 Å². The normalized spacial score (nSPS) is 11.9. The fourth-order valence-corrected chi connectivity index (χ4v) is 1.70. The summed E-state index contributed by atoms with van der Waals surface area (Å²) in [6.07, 6.45) is 3.80. The van der Waals surface area contributed by atoms with Gasteiger partial charge in [0.25, 0.3) is 0 Å². The summed E-state index contributed by atoms with van der Waals surface area (Å²) in [6.45, 7) is 6.72. The standard InChI is InChI=1S/C12H20N4S.HI/c1-12(2,3)16-11(13)15-8-9-5-6-14-10(7-9)17-4;/h5-7H,8H2,1-4H3,(H3,13,15,16);1H. The second-order valence-electron chi connectivity index (χ2n) is 4.78. The Bertz CT molecular complexity index is 401. The van der Waals surface area contributed by atoms with Crippen molar-refractivity contribution in [1.29, 1.82) is 0 Å². The van der Waals surface area contributed by atoms with Crippen LogP contribution in [0.25, 0.3) is 0 Å². The van der Waals surface area contributed by atoms with Gasteiger partial charge in [0.2, 0.25) is 0 Å². The molecule has 6 heteroatoms. The average Bonchev–Trinajstić information content (AvgIpc) is 2.24. The fraction of sp³-hybridized carbons (Fsp3) is 0.500. The van der Waals surface area contributed by atoms with Crippen molar-refractivity contribution in [2.24, 2.45) is 10.7 Å². The van der Waals surface area contributed by atoms with E-state index in [0.29, 0.717) is 12.5 Å². The van der Waals surface area contributed by atoms with E-state index in [9.17, 15) is 0 Å². The van der Waals surface area contributed by atoms with E-state index in [1.807, 2.05) is 39.2 Å². The first-order valence-corrected chi connectivity index (χ1v) is 6.70. The van der Waals surface area contributed by atoms with Crippen LogP contribution in [0.15, 0.2) is 28.3 Å². The minimum Gasteiger partial charge on any atom is -0.370 e. The van der Waals surface area contributed by atoms with Gasteiger partial charge in [-0.15, -0.1) is 35.7 Å². The molecule has 102 valence electrons. The molecule has 0 radical (unpaired) electrons. The Morgan fingerprint density at radius 1 is 1.50 bits per heavy atom. The summed E-state index contributed by atoms with van der Waals surface area (Å²) >= 11 is 1.62. The minimum atomic E-state index is -0.0593. The number of aliphatic imine (C=N–C) groups is 1. The van der Waals surface area contributed by atoms with E-state index in [1.165, 1.54) is 0 Å². The summed E-state index contributed by atoms with van der Waals surface area (Å²) in [4.78, 5) is 8.51. The van der Waals surface area contributed by atoms with Crippen LogP contribution in [0, 0.1) is 0 Å². The quantitative estimate of drug-likeness (QED) is 0.366. The molecular weight excluding hydrogens is 359 g/mol. The lowest BCUT2D eigenvalue weighted by Gasteiger charge is -2.20. The molecule has 0 spiro atoms. The molecule has 0 aliphatic heterocycles. The Kier molecular flexibility index (Phi) is 7.61. The molecule has 1 rings (SSSR count). The number of nitrogens with zero attached hydrogens (tertiary/aromatic N) is 2. The molecule has 0 unspecified atom stereocenters. The molecule has 4 nitrogen and oxygen atoms in total. The van der Waals surface area contributed by atoms with Gasteiger partial charge in [0.05, 0.1) is 11.6 Å². The van der Waals surface area contributed by atoms with E-state index in [-0.39, 0.29) is 29.5 Å². The second kappa shape index (κ2) is 7.83. The van der Waals surface area contributed by atoms with Crippen LogP contribution in [-0.4, -0.2) is 22.7 Å². The summed E-state index contributed by atoms with van der Waals surface area (Å²) in [5.74, 6) is 0.472. The highest BCUT2D eigenvalue weighted by molar-refractivity contribution is 14.0. The minimum absolute atomic E-state index is 0. The second-order valence-corrected chi connectivity index (χ2v) is 5.61. The van der Waals surface area contributed by atoms with Gasteiger partial charge in [-0.2, -0.15) is 0 Å². The Labute approximate surface area is 130 Å². The molecule has 0 aliphatic carbocycles. The van der Waals surface area contributed by atoms with Crippen molar-refractivity contribution in [3.05, 3.63) is 23.9 Å². The number of pyridine rings is 1. The third-order valence-electron chi connectivity index (χ3n) is 1.94. The third-order valence-corrected chi connectivity index (χ3v) is 2.58. The molecular formula is C12H21IN4S.